The molecular formula is C21H30N2O6S. The number of rotatable bonds is 5. The second kappa shape index (κ2) is 9.78. The van der Waals surface area contributed by atoms with Crippen molar-refractivity contribution in [2.24, 2.45) is 5.92 Å². The van der Waals surface area contributed by atoms with Crippen molar-refractivity contribution in [1.29, 1.82) is 0 Å². The minimum Gasteiger partial charge on any atom is -0.496 e. The van der Waals surface area contributed by atoms with Crippen LogP contribution in [0.1, 0.15) is 48.9 Å². The fourth-order valence-corrected chi connectivity index (χ4v) is 5.60. The third-order valence-corrected chi connectivity index (χ3v) is 7.82. The molecule has 2 aliphatic rings. The monoisotopic (exact) mass is 438 g/mol. The molecule has 0 saturated carbocycles. The van der Waals surface area contributed by atoms with Crippen molar-refractivity contribution < 1.29 is 27.5 Å². The van der Waals surface area contributed by atoms with E-state index >= 15 is 0 Å². The molecule has 2 fully saturated rings. The number of hydrogen-bond acceptors (Lipinski definition) is 6. The van der Waals surface area contributed by atoms with Crippen molar-refractivity contribution in [2.75, 3.05) is 40.4 Å². The molecule has 0 N–H and O–H groups in total. The molecule has 0 unspecified atom stereocenters. The first-order valence-electron chi connectivity index (χ1n) is 10.4. The van der Waals surface area contributed by atoms with Gasteiger partial charge in [-0.3, -0.25) is 9.59 Å². The van der Waals surface area contributed by atoms with E-state index in [1.807, 2.05) is 0 Å². The highest BCUT2D eigenvalue weighted by atomic mass is 32.2. The summed E-state index contributed by atoms with van der Waals surface area (Å²) in [5, 5.41) is 0. The second-order valence-corrected chi connectivity index (χ2v) is 9.71. The number of ether oxygens (including phenoxy) is 2. The lowest BCUT2D eigenvalue weighted by atomic mass is 9.99. The minimum absolute atomic E-state index is 0.0676. The molecule has 1 aromatic carbocycles. The molecule has 3 rings (SSSR count). The van der Waals surface area contributed by atoms with Crippen molar-refractivity contribution in [2.45, 2.75) is 43.4 Å². The van der Waals surface area contributed by atoms with E-state index in [2.05, 4.69) is 0 Å². The predicted molar refractivity (Wildman–Crippen MR) is 111 cm³/mol. The fourth-order valence-electron chi connectivity index (χ4n) is 4.11. The van der Waals surface area contributed by atoms with E-state index in [-0.39, 0.29) is 41.3 Å². The lowest BCUT2D eigenvalue weighted by molar-refractivity contribution is -0.146. The molecule has 8 nitrogen and oxygen atoms in total. The molecule has 0 radical (unpaired) electrons. The molecule has 2 heterocycles. The predicted octanol–water partition coefficient (Wildman–Crippen LogP) is 2.29. The van der Waals surface area contributed by atoms with E-state index < -0.39 is 10.0 Å². The third kappa shape index (κ3) is 4.78. The molecule has 0 aliphatic carbocycles. The van der Waals surface area contributed by atoms with Crippen LogP contribution in [0.3, 0.4) is 0 Å². The Balaban J connectivity index is 1.83. The van der Waals surface area contributed by atoms with Gasteiger partial charge in [-0.2, -0.15) is 4.31 Å². The number of carbonyl (C=O) groups is 2. The van der Waals surface area contributed by atoms with E-state index in [1.54, 1.807) is 11.0 Å². The molecule has 0 aromatic heterocycles. The van der Waals surface area contributed by atoms with E-state index in [0.29, 0.717) is 31.7 Å². The van der Waals surface area contributed by atoms with E-state index in [9.17, 15) is 18.0 Å². The van der Waals surface area contributed by atoms with Gasteiger partial charge in [0.05, 0.1) is 30.6 Å². The van der Waals surface area contributed by atoms with Crippen molar-refractivity contribution in [1.82, 2.24) is 9.21 Å². The minimum atomic E-state index is -3.78. The molecule has 2 aliphatic heterocycles. The van der Waals surface area contributed by atoms with Crippen LogP contribution < -0.4 is 4.74 Å². The largest absolute Gasteiger partial charge is 0.496 e. The Labute approximate surface area is 178 Å². The third-order valence-electron chi connectivity index (χ3n) is 5.92. The maximum absolute atomic E-state index is 13.2. The van der Waals surface area contributed by atoms with Gasteiger partial charge in [-0.25, -0.2) is 8.42 Å². The van der Waals surface area contributed by atoms with Crippen molar-refractivity contribution in [3.05, 3.63) is 23.8 Å². The standard InChI is InChI=1S/C21H30N2O6S/c1-28-19-8-7-17(15-18(19)20(24)22-11-5-3-4-6-12-22)30(26,27)23-13-9-16(10-14-23)21(25)29-2/h7-8,15-16H,3-6,9-14H2,1-2H3. The summed E-state index contributed by atoms with van der Waals surface area (Å²) in [6.07, 6.45) is 4.92. The van der Waals surface area contributed by atoms with Crippen LogP contribution in [-0.2, 0) is 19.6 Å². The molecular weight excluding hydrogens is 408 g/mol. The molecule has 0 spiro atoms. The summed E-state index contributed by atoms with van der Waals surface area (Å²) >= 11 is 0. The highest BCUT2D eigenvalue weighted by Crippen LogP contribution is 2.29. The number of esters is 1. The van der Waals surface area contributed by atoms with E-state index in [4.69, 9.17) is 9.47 Å². The highest BCUT2D eigenvalue weighted by molar-refractivity contribution is 7.89. The number of sulfonamides is 1. The first-order valence-corrected chi connectivity index (χ1v) is 11.9. The molecule has 1 aromatic rings. The van der Waals surface area contributed by atoms with Crippen LogP contribution in [0.2, 0.25) is 0 Å². The number of benzene rings is 1. The molecule has 1 amide bonds. The summed E-state index contributed by atoms with van der Waals surface area (Å²) in [4.78, 5) is 26.7. The van der Waals surface area contributed by atoms with Crippen LogP contribution >= 0.6 is 0 Å². The van der Waals surface area contributed by atoms with Gasteiger partial charge in [0.25, 0.3) is 5.91 Å². The number of hydrogen-bond donors (Lipinski definition) is 0. The SMILES string of the molecule is COC(=O)C1CCN(S(=O)(=O)c2ccc(OC)c(C(=O)N3CCCCCC3)c2)CC1. The van der Waals surface area contributed by atoms with Gasteiger partial charge in [-0.05, 0) is 43.9 Å². The van der Waals surface area contributed by atoms with Gasteiger partial charge >= 0.3 is 5.97 Å². The topological polar surface area (TPSA) is 93.2 Å². The zero-order valence-electron chi connectivity index (χ0n) is 17.6. The van der Waals surface area contributed by atoms with Crippen molar-refractivity contribution in [3.8, 4) is 5.75 Å². The number of methoxy groups -OCH3 is 2. The molecule has 166 valence electrons. The second-order valence-electron chi connectivity index (χ2n) is 7.77. The van der Waals surface area contributed by atoms with Gasteiger partial charge in [-0.15, -0.1) is 0 Å². The summed E-state index contributed by atoms with van der Waals surface area (Å²) in [6, 6.07) is 4.44. The quantitative estimate of drug-likeness (QED) is 0.655. The molecule has 0 atom stereocenters. The Hall–Kier alpha value is -2.13. The average molecular weight is 439 g/mol. The lowest BCUT2D eigenvalue weighted by Crippen LogP contribution is -2.40. The van der Waals surface area contributed by atoms with E-state index in [1.165, 1.54) is 30.7 Å². The number of amides is 1. The zero-order valence-corrected chi connectivity index (χ0v) is 18.4. The first kappa shape index (κ1) is 22.6. The number of nitrogens with zero attached hydrogens (tertiary/aromatic N) is 2. The van der Waals surface area contributed by atoms with Gasteiger partial charge in [-0.1, -0.05) is 12.8 Å². The maximum atomic E-state index is 13.2. The summed E-state index contributed by atoms with van der Waals surface area (Å²) in [7, 11) is -0.970. The number of piperidine rings is 1. The Kier molecular flexibility index (Phi) is 7.36. The normalized spacial score (nSPS) is 19.2. The van der Waals surface area contributed by atoms with Gasteiger partial charge < -0.3 is 14.4 Å². The van der Waals surface area contributed by atoms with Crippen LogP contribution in [0.15, 0.2) is 23.1 Å². The first-order chi connectivity index (χ1) is 14.4. The van der Waals surface area contributed by atoms with Gasteiger partial charge in [0.2, 0.25) is 10.0 Å². The number of carbonyl (C=O) groups excluding carboxylic acids is 2. The fraction of sp³-hybridized carbons (Fsp3) is 0.619. The molecule has 9 heteroatoms. The molecule has 2 saturated heterocycles. The Morgan fingerprint density at radius 3 is 2.17 bits per heavy atom. The van der Waals surface area contributed by atoms with Gasteiger partial charge in [0.1, 0.15) is 5.75 Å². The van der Waals surface area contributed by atoms with Gasteiger partial charge in [0, 0.05) is 26.2 Å². The Bertz CT molecular complexity index is 869. The van der Waals surface area contributed by atoms with Gasteiger partial charge in [0.15, 0.2) is 0 Å². The van der Waals surface area contributed by atoms with E-state index in [0.717, 1.165) is 25.7 Å². The molecule has 0 bridgehead atoms. The number of likely N-dealkylation sites (tertiary alicyclic amines) is 1. The van der Waals surface area contributed by atoms with Crippen molar-refractivity contribution >= 4 is 21.9 Å². The van der Waals surface area contributed by atoms with Crippen LogP contribution in [0.25, 0.3) is 0 Å². The van der Waals surface area contributed by atoms with Crippen LogP contribution in [0.4, 0.5) is 0 Å². The van der Waals surface area contributed by atoms with Crippen LogP contribution in [0.5, 0.6) is 5.75 Å². The Morgan fingerprint density at radius 1 is 0.967 bits per heavy atom. The lowest BCUT2D eigenvalue weighted by Gasteiger charge is -2.30. The van der Waals surface area contributed by atoms with Crippen LogP contribution in [0, 0.1) is 5.92 Å². The Morgan fingerprint density at radius 2 is 1.60 bits per heavy atom. The average Bonchev–Trinajstić information content (AvgIpc) is 3.07. The highest BCUT2D eigenvalue weighted by Gasteiger charge is 2.33. The summed E-state index contributed by atoms with van der Waals surface area (Å²) < 4.78 is 37.8. The van der Waals surface area contributed by atoms with Crippen LogP contribution in [-0.4, -0.2) is 69.9 Å². The zero-order chi connectivity index (χ0) is 21.7. The summed E-state index contributed by atoms with van der Waals surface area (Å²) in [5.74, 6) is -0.415. The molecule has 30 heavy (non-hydrogen) atoms. The smallest absolute Gasteiger partial charge is 0.308 e. The van der Waals surface area contributed by atoms with Crippen molar-refractivity contribution in [3.63, 3.8) is 0 Å². The summed E-state index contributed by atoms with van der Waals surface area (Å²) in [6.45, 7) is 1.81. The summed E-state index contributed by atoms with van der Waals surface area (Å²) in [5.41, 5.74) is 0.268. The maximum Gasteiger partial charge on any atom is 0.308 e.